The second-order valence-corrected chi connectivity index (χ2v) is 7.19. The summed E-state index contributed by atoms with van der Waals surface area (Å²) in [5, 5.41) is 9.61. The molecular formula is C21H23F2NO3. The largest absolute Gasteiger partial charge is 0.396 e. The van der Waals surface area contributed by atoms with Gasteiger partial charge in [0.05, 0.1) is 18.8 Å². The van der Waals surface area contributed by atoms with Crippen LogP contribution < -0.4 is 0 Å². The number of aliphatic hydroxyl groups is 1. The van der Waals surface area contributed by atoms with Crippen LogP contribution in [-0.4, -0.2) is 35.4 Å². The van der Waals surface area contributed by atoms with Crippen molar-refractivity contribution >= 4 is 0 Å². The Kier molecular flexibility index (Phi) is 5.23. The Balaban J connectivity index is 1.73. The Labute approximate surface area is 157 Å². The van der Waals surface area contributed by atoms with Crippen LogP contribution in [0.15, 0.2) is 48.5 Å². The van der Waals surface area contributed by atoms with Gasteiger partial charge in [0.1, 0.15) is 25.8 Å². The van der Waals surface area contributed by atoms with Gasteiger partial charge in [0.25, 0.3) is 0 Å². The highest BCUT2D eigenvalue weighted by Gasteiger charge is 2.56. The average Bonchev–Trinajstić information content (AvgIpc) is 3.25. The number of alkyl halides is 2. The summed E-state index contributed by atoms with van der Waals surface area (Å²) in [5.41, 5.74) is 2.42. The van der Waals surface area contributed by atoms with E-state index in [0.717, 1.165) is 11.1 Å². The molecule has 0 spiro atoms. The van der Waals surface area contributed by atoms with Crippen LogP contribution in [-0.2, 0) is 22.8 Å². The number of hydrogen-bond acceptors (Lipinski definition) is 4. The van der Waals surface area contributed by atoms with Gasteiger partial charge >= 0.3 is 0 Å². The van der Waals surface area contributed by atoms with E-state index in [1.165, 1.54) is 0 Å². The summed E-state index contributed by atoms with van der Waals surface area (Å²) in [7, 11) is 0. The van der Waals surface area contributed by atoms with E-state index in [1.54, 1.807) is 24.3 Å². The van der Waals surface area contributed by atoms with Gasteiger partial charge in [0, 0.05) is 6.61 Å². The molecule has 0 amide bonds. The predicted molar refractivity (Wildman–Crippen MR) is 96.2 cm³/mol. The van der Waals surface area contributed by atoms with E-state index in [2.05, 4.69) is 4.90 Å². The van der Waals surface area contributed by atoms with E-state index >= 15 is 0 Å². The quantitative estimate of drug-likeness (QED) is 0.834. The Bertz CT molecular complexity index is 741. The molecular weight excluding hydrogens is 352 g/mol. The molecule has 2 saturated heterocycles. The summed E-state index contributed by atoms with van der Waals surface area (Å²) < 4.78 is 38.5. The zero-order valence-corrected chi connectivity index (χ0v) is 15.0. The predicted octanol–water partition coefficient (Wildman–Crippen LogP) is 3.81. The van der Waals surface area contributed by atoms with Crippen LogP contribution in [0.3, 0.4) is 0 Å². The molecule has 4 rings (SSSR count). The maximum atomic E-state index is 13.1. The van der Waals surface area contributed by atoms with E-state index in [-0.39, 0.29) is 6.61 Å². The highest BCUT2D eigenvalue weighted by Crippen LogP contribution is 2.50. The van der Waals surface area contributed by atoms with Crippen LogP contribution in [0.4, 0.5) is 8.78 Å². The molecule has 2 aromatic rings. The summed E-state index contributed by atoms with van der Waals surface area (Å²) >= 11 is 0. The van der Waals surface area contributed by atoms with Crippen molar-refractivity contribution in [3.05, 3.63) is 70.8 Å². The first-order chi connectivity index (χ1) is 13.2. The van der Waals surface area contributed by atoms with Gasteiger partial charge < -0.3 is 14.6 Å². The first kappa shape index (κ1) is 18.5. The van der Waals surface area contributed by atoms with Crippen LogP contribution in [0.25, 0.3) is 0 Å². The second kappa shape index (κ2) is 7.64. The maximum Gasteiger partial charge on any atom is 0.139 e. The van der Waals surface area contributed by atoms with Gasteiger partial charge in [-0.2, -0.15) is 0 Å². The van der Waals surface area contributed by atoms with Gasteiger partial charge in [-0.05, 0) is 40.8 Å². The molecule has 2 fully saturated rings. The van der Waals surface area contributed by atoms with Crippen molar-refractivity contribution in [1.29, 1.82) is 0 Å². The molecule has 144 valence electrons. The number of ether oxygens (including phenoxy) is 2. The van der Waals surface area contributed by atoms with Gasteiger partial charge in [-0.3, -0.25) is 0 Å². The molecule has 2 aromatic carbocycles. The van der Waals surface area contributed by atoms with Gasteiger partial charge in [-0.25, -0.2) is 13.7 Å². The molecule has 1 N–H and O–H groups in total. The third-order valence-electron chi connectivity index (χ3n) is 5.43. The lowest BCUT2D eigenvalue weighted by Gasteiger charge is -2.34. The van der Waals surface area contributed by atoms with Crippen molar-refractivity contribution < 1.29 is 23.4 Å². The first-order valence-corrected chi connectivity index (χ1v) is 9.13. The summed E-state index contributed by atoms with van der Waals surface area (Å²) in [6.45, 7) is -0.242. The highest BCUT2D eigenvalue weighted by molar-refractivity contribution is 5.30. The Morgan fingerprint density at radius 1 is 0.926 bits per heavy atom. The number of aliphatic hydroxyl groups excluding tert-OH is 1. The fourth-order valence-electron chi connectivity index (χ4n) is 4.09. The topological polar surface area (TPSA) is 41.9 Å². The van der Waals surface area contributed by atoms with E-state index in [4.69, 9.17) is 9.47 Å². The highest BCUT2D eigenvalue weighted by atomic mass is 19.1. The van der Waals surface area contributed by atoms with Crippen molar-refractivity contribution in [2.45, 2.75) is 37.8 Å². The van der Waals surface area contributed by atoms with Crippen molar-refractivity contribution in [2.75, 3.05) is 19.8 Å². The van der Waals surface area contributed by atoms with Crippen molar-refractivity contribution in [3.63, 3.8) is 0 Å². The smallest absolute Gasteiger partial charge is 0.139 e. The molecule has 4 nitrogen and oxygen atoms in total. The number of nitrogens with zero attached hydrogens (tertiary/aromatic N) is 1. The molecule has 27 heavy (non-hydrogen) atoms. The molecule has 6 heteroatoms. The minimum Gasteiger partial charge on any atom is -0.396 e. The van der Waals surface area contributed by atoms with Gasteiger partial charge in [-0.15, -0.1) is 0 Å². The molecule has 1 unspecified atom stereocenters. The minimum absolute atomic E-state index is 0.0116. The Hall–Kier alpha value is -1.86. The summed E-state index contributed by atoms with van der Waals surface area (Å²) in [6, 6.07) is 14.5. The number of halogens is 2. The SMILES string of the molecule is OCCC12CO[C@H](c3cccc(CF)c3)N1[C@H](c1cccc(CF)c1)OC2. The normalized spacial score (nSPS) is 27.8. The Morgan fingerprint density at radius 3 is 1.89 bits per heavy atom. The molecule has 0 radical (unpaired) electrons. The summed E-state index contributed by atoms with van der Waals surface area (Å²) in [6.07, 6.45) is -0.319. The fourth-order valence-corrected chi connectivity index (χ4v) is 4.09. The maximum absolute atomic E-state index is 13.1. The monoisotopic (exact) mass is 375 g/mol. The van der Waals surface area contributed by atoms with Crippen molar-refractivity contribution in [3.8, 4) is 0 Å². The third kappa shape index (κ3) is 3.27. The second-order valence-electron chi connectivity index (χ2n) is 7.19. The zero-order chi connectivity index (χ0) is 18.9. The van der Waals surface area contributed by atoms with E-state index < -0.39 is 31.3 Å². The number of fused-ring (bicyclic) bond motifs is 1. The molecule has 2 heterocycles. The zero-order valence-electron chi connectivity index (χ0n) is 15.0. The standard InChI is InChI=1S/C21H23F2NO3/c22-11-15-3-1-5-17(9-15)19-24-20(18-6-2-4-16(10-18)12-23)27-14-21(24,7-8-25)13-26-19/h1-6,9-10,19-20,25H,7-8,11-14H2/t19-,20+,21?. The van der Waals surface area contributed by atoms with Crippen LogP contribution in [0, 0.1) is 0 Å². The van der Waals surface area contributed by atoms with Gasteiger partial charge in [0.15, 0.2) is 0 Å². The van der Waals surface area contributed by atoms with E-state index in [0.29, 0.717) is 30.8 Å². The molecule has 0 aliphatic carbocycles. The van der Waals surface area contributed by atoms with Gasteiger partial charge in [-0.1, -0.05) is 36.4 Å². The molecule has 3 atom stereocenters. The van der Waals surface area contributed by atoms with Crippen molar-refractivity contribution in [1.82, 2.24) is 4.90 Å². The number of rotatable bonds is 6. The van der Waals surface area contributed by atoms with Gasteiger partial charge in [0.2, 0.25) is 0 Å². The average molecular weight is 375 g/mol. The lowest BCUT2D eigenvalue weighted by atomic mass is 9.95. The molecule has 0 bridgehead atoms. The first-order valence-electron chi connectivity index (χ1n) is 9.13. The minimum atomic E-state index is -0.541. The van der Waals surface area contributed by atoms with Crippen LogP contribution in [0.2, 0.25) is 0 Å². The molecule has 0 saturated carbocycles. The molecule has 2 aliphatic rings. The lowest BCUT2D eigenvalue weighted by Crippen LogP contribution is -2.45. The molecule has 2 aliphatic heterocycles. The van der Waals surface area contributed by atoms with Crippen molar-refractivity contribution in [2.24, 2.45) is 0 Å². The van der Waals surface area contributed by atoms with Crippen LogP contribution in [0.5, 0.6) is 0 Å². The summed E-state index contributed by atoms with van der Waals surface area (Å²) in [5.74, 6) is 0. The lowest BCUT2D eigenvalue weighted by molar-refractivity contribution is -0.0624. The fraction of sp³-hybridized carbons (Fsp3) is 0.429. The van der Waals surface area contributed by atoms with E-state index in [9.17, 15) is 13.9 Å². The summed E-state index contributed by atoms with van der Waals surface area (Å²) in [4.78, 5) is 2.11. The van der Waals surface area contributed by atoms with Crippen LogP contribution >= 0.6 is 0 Å². The number of hydrogen-bond donors (Lipinski definition) is 1. The third-order valence-corrected chi connectivity index (χ3v) is 5.43. The van der Waals surface area contributed by atoms with E-state index in [1.807, 2.05) is 24.3 Å². The number of benzene rings is 2. The molecule has 0 aromatic heterocycles. The Morgan fingerprint density at radius 2 is 1.44 bits per heavy atom. The van der Waals surface area contributed by atoms with Crippen LogP contribution in [0.1, 0.15) is 41.1 Å².